The number of likely N-dealkylation sites (tertiary alicyclic amines) is 1. The molecule has 11 heteroatoms. The van der Waals surface area contributed by atoms with Crippen molar-refractivity contribution >= 4 is 11.9 Å². The summed E-state index contributed by atoms with van der Waals surface area (Å²) in [4.78, 5) is 33.5. The van der Waals surface area contributed by atoms with E-state index < -0.39 is 53.3 Å². The smallest absolute Gasteiger partial charge is 0.417 e. The van der Waals surface area contributed by atoms with Crippen LogP contribution in [0.2, 0.25) is 0 Å². The molecular formula is C31H40F3N3O5. The minimum absolute atomic E-state index is 0.0435. The molecule has 5 atom stereocenters. The number of methoxy groups -OCH3 is 1. The number of benzene rings is 1. The van der Waals surface area contributed by atoms with Crippen LogP contribution in [0.4, 0.5) is 13.2 Å². The Morgan fingerprint density at radius 3 is 2.43 bits per heavy atom. The molecule has 0 aliphatic carbocycles. The molecule has 42 heavy (non-hydrogen) atoms. The Hall–Kier alpha value is -3.18. The van der Waals surface area contributed by atoms with Crippen LogP contribution in [0.1, 0.15) is 69.7 Å². The van der Waals surface area contributed by atoms with Crippen LogP contribution in [0.15, 0.2) is 42.6 Å². The number of pyridine rings is 1. The molecule has 2 fully saturated rings. The number of amides is 1. The highest BCUT2D eigenvalue weighted by molar-refractivity contribution is 5.89. The number of rotatable bonds is 8. The number of halogens is 3. The normalized spacial score (nSPS) is 24.9. The van der Waals surface area contributed by atoms with Gasteiger partial charge in [-0.15, -0.1) is 0 Å². The van der Waals surface area contributed by atoms with E-state index in [0.29, 0.717) is 13.0 Å². The van der Waals surface area contributed by atoms with Gasteiger partial charge in [-0.3, -0.25) is 4.79 Å². The van der Waals surface area contributed by atoms with Crippen LogP contribution in [0.25, 0.3) is 0 Å². The number of hydrogen-bond donors (Lipinski definition) is 1. The topological polar surface area (TPSA) is 90.0 Å². The average Bonchev–Trinajstić information content (AvgIpc) is 3.32. The number of hydrogen-bond acceptors (Lipinski definition) is 7. The highest BCUT2D eigenvalue weighted by Crippen LogP contribution is 2.49. The lowest BCUT2D eigenvalue weighted by Crippen LogP contribution is -2.51. The van der Waals surface area contributed by atoms with Gasteiger partial charge in [0.25, 0.3) is 5.91 Å². The zero-order valence-electron chi connectivity index (χ0n) is 24.7. The largest absolute Gasteiger partial charge is 0.481 e. The Kier molecular flexibility index (Phi) is 9.82. The third-order valence-corrected chi connectivity index (χ3v) is 8.02. The second kappa shape index (κ2) is 13.0. The molecule has 2 aliphatic heterocycles. The lowest BCUT2D eigenvalue weighted by molar-refractivity contribution is -0.162. The van der Waals surface area contributed by atoms with Gasteiger partial charge in [-0.2, -0.15) is 13.2 Å². The van der Waals surface area contributed by atoms with E-state index in [4.69, 9.17) is 14.2 Å². The zero-order chi connectivity index (χ0) is 30.7. The molecule has 8 nitrogen and oxygen atoms in total. The fourth-order valence-corrected chi connectivity index (χ4v) is 6.24. The maximum absolute atomic E-state index is 14.3. The number of ether oxygens (including phenoxy) is 3. The van der Waals surface area contributed by atoms with Gasteiger partial charge in [0.15, 0.2) is 0 Å². The van der Waals surface area contributed by atoms with Crippen LogP contribution < -0.4 is 10.1 Å². The fourth-order valence-electron chi connectivity index (χ4n) is 6.24. The minimum Gasteiger partial charge on any atom is -0.481 e. The van der Waals surface area contributed by atoms with Crippen molar-refractivity contribution in [1.29, 1.82) is 0 Å². The van der Waals surface area contributed by atoms with Crippen molar-refractivity contribution in [2.75, 3.05) is 20.3 Å². The molecule has 2 aliphatic rings. The summed E-state index contributed by atoms with van der Waals surface area (Å²) in [6.45, 7) is 8.21. The molecule has 0 spiro atoms. The Balaban J connectivity index is 1.84. The Bertz CT molecular complexity index is 1230. The summed E-state index contributed by atoms with van der Waals surface area (Å²) in [5.74, 6) is -1.23. The quantitative estimate of drug-likeness (QED) is 0.416. The lowest BCUT2D eigenvalue weighted by Gasteiger charge is -2.36. The first-order chi connectivity index (χ1) is 19.9. The molecule has 4 rings (SSSR count). The number of alkyl halides is 3. The van der Waals surface area contributed by atoms with E-state index in [1.807, 2.05) is 51.1 Å². The molecule has 1 aromatic carbocycles. The summed E-state index contributed by atoms with van der Waals surface area (Å²) in [6, 6.07) is 8.24. The Morgan fingerprint density at radius 1 is 1.14 bits per heavy atom. The van der Waals surface area contributed by atoms with Crippen molar-refractivity contribution < 1.29 is 37.0 Å². The van der Waals surface area contributed by atoms with Gasteiger partial charge in [-0.25, -0.2) is 9.78 Å². The molecule has 0 saturated carbocycles. The van der Waals surface area contributed by atoms with Crippen molar-refractivity contribution in [2.24, 2.45) is 11.3 Å². The molecule has 1 amide bonds. The summed E-state index contributed by atoms with van der Waals surface area (Å²) in [6.07, 6.45) is -2.32. The molecule has 2 aromatic rings. The first-order valence-corrected chi connectivity index (χ1v) is 14.4. The molecule has 1 aromatic heterocycles. The van der Waals surface area contributed by atoms with E-state index in [1.54, 1.807) is 11.8 Å². The lowest BCUT2D eigenvalue weighted by atomic mass is 9.72. The van der Waals surface area contributed by atoms with Crippen LogP contribution in [0.3, 0.4) is 0 Å². The maximum atomic E-state index is 14.3. The number of esters is 1. The molecule has 230 valence electrons. The maximum Gasteiger partial charge on any atom is 0.417 e. The third kappa shape index (κ3) is 6.72. The van der Waals surface area contributed by atoms with Crippen molar-refractivity contribution in [3.8, 4) is 5.88 Å². The van der Waals surface area contributed by atoms with Gasteiger partial charge in [0.05, 0.1) is 25.3 Å². The predicted molar refractivity (Wildman–Crippen MR) is 149 cm³/mol. The first kappa shape index (κ1) is 31.7. The number of nitrogens with one attached hydrogen (secondary N) is 1. The Labute approximate surface area is 244 Å². The van der Waals surface area contributed by atoms with Crippen LogP contribution in [-0.2, 0) is 31.8 Å². The second-order valence-electron chi connectivity index (χ2n) is 11.8. The monoisotopic (exact) mass is 591 g/mol. The second-order valence-corrected chi connectivity index (χ2v) is 11.8. The van der Waals surface area contributed by atoms with Gasteiger partial charge < -0.3 is 24.4 Å². The fraction of sp³-hybridized carbons (Fsp3) is 0.581. The van der Waals surface area contributed by atoms with Gasteiger partial charge in [0, 0.05) is 36.9 Å². The summed E-state index contributed by atoms with van der Waals surface area (Å²) in [5, 5.41) is 3.44. The van der Waals surface area contributed by atoms with Crippen LogP contribution in [-0.4, -0.2) is 60.3 Å². The van der Waals surface area contributed by atoms with E-state index >= 15 is 0 Å². The summed E-state index contributed by atoms with van der Waals surface area (Å²) in [5.41, 5.74) is -0.427. The van der Waals surface area contributed by atoms with E-state index in [2.05, 4.69) is 10.3 Å². The highest BCUT2D eigenvalue weighted by Gasteiger charge is 2.59. The van der Waals surface area contributed by atoms with Gasteiger partial charge in [-0.1, -0.05) is 51.1 Å². The standard InChI is InChI=1S/C31H40F3N3O5/c1-6-41-29(39)26-23(30(2,3)4)24(35-17-20-16-21(31(32,33)34)18-36-27(20)40-5)25(19-12-8-7-9-13-19)37(26)28(38)22-14-10-11-15-42-22/h7-9,12-13,16,18,22-26,35H,6,10-11,14-15,17H2,1-5H3/t22-,23-,24-,25-,26-/m1/s1. The number of nitrogens with zero attached hydrogens (tertiary/aromatic N) is 2. The first-order valence-electron chi connectivity index (χ1n) is 14.4. The number of carbonyl (C=O) groups is 2. The average molecular weight is 592 g/mol. The van der Waals surface area contributed by atoms with E-state index in [0.717, 1.165) is 30.7 Å². The van der Waals surface area contributed by atoms with Crippen molar-refractivity contribution in [3.05, 3.63) is 59.3 Å². The zero-order valence-corrected chi connectivity index (χ0v) is 24.7. The van der Waals surface area contributed by atoms with Gasteiger partial charge in [0.2, 0.25) is 5.88 Å². The van der Waals surface area contributed by atoms with E-state index in [9.17, 15) is 22.8 Å². The van der Waals surface area contributed by atoms with Crippen molar-refractivity contribution in [2.45, 2.75) is 83.9 Å². The number of carbonyl (C=O) groups excluding carboxylic acids is 2. The molecule has 0 bridgehead atoms. The summed E-state index contributed by atoms with van der Waals surface area (Å²) >= 11 is 0. The minimum atomic E-state index is -4.58. The van der Waals surface area contributed by atoms with Gasteiger partial charge in [-0.05, 0) is 43.2 Å². The van der Waals surface area contributed by atoms with Crippen LogP contribution >= 0.6 is 0 Å². The van der Waals surface area contributed by atoms with E-state index in [1.165, 1.54) is 7.11 Å². The van der Waals surface area contributed by atoms with Gasteiger partial charge >= 0.3 is 12.1 Å². The molecule has 1 N–H and O–H groups in total. The number of aromatic nitrogens is 1. The summed E-state index contributed by atoms with van der Waals surface area (Å²) in [7, 11) is 1.35. The van der Waals surface area contributed by atoms with Crippen molar-refractivity contribution in [3.63, 3.8) is 0 Å². The highest BCUT2D eigenvalue weighted by atomic mass is 19.4. The van der Waals surface area contributed by atoms with Crippen LogP contribution in [0, 0.1) is 11.3 Å². The van der Waals surface area contributed by atoms with Crippen molar-refractivity contribution in [1.82, 2.24) is 15.2 Å². The summed E-state index contributed by atoms with van der Waals surface area (Å²) < 4.78 is 57.4. The van der Waals surface area contributed by atoms with E-state index in [-0.39, 0.29) is 30.5 Å². The molecule has 0 unspecified atom stereocenters. The molecule has 3 heterocycles. The Morgan fingerprint density at radius 2 is 1.86 bits per heavy atom. The SMILES string of the molecule is CCOC(=O)[C@H]1[C@H](C(C)(C)C)[C@@H](NCc2cc(C(F)(F)F)cnc2OC)[C@@H](c2ccccc2)N1C(=O)[C@H]1CCCCO1. The molecular weight excluding hydrogens is 551 g/mol. The third-order valence-electron chi connectivity index (χ3n) is 8.02. The molecule has 0 radical (unpaired) electrons. The molecule has 2 saturated heterocycles. The predicted octanol–water partition coefficient (Wildman–Crippen LogP) is 5.31. The van der Waals surface area contributed by atoms with Crippen LogP contribution in [0.5, 0.6) is 5.88 Å². The van der Waals surface area contributed by atoms with Gasteiger partial charge in [0.1, 0.15) is 12.1 Å².